The zero-order valence-electron chi connectivity index (χ0n) is 8.94. The lowest BCUT2D eigenvalue weighted by molar-refractivity contribution is -0.119. The highest BCUT2D eigenvalue weighted by Gasteiger charge is 2.24. The number of nitrogens with two attached hydrogens (primary N) is 1. The number of hydrogen-bond donors (Lipinski definition) is 3. The first kappa shape index (κ1) is 12.0. The van der Waals surface area contributed by atoms with Crippen LogP contribution in [0.25, 0.3) is 0 Å². The van der Waals surface area contributed by atoms with E-state index in [1.807, 2.05) is 0 Å². The average Bonchev–Trinajstić information content (AvgIpc) is 2.85. The van der Waals surface area contributed by atoms with Crippen LogP contribution < -0.4 is 16.6 Å². The number of ether oxygens (including phenoxy) is 1. The molecule has 17 heavy (non-hydrogen) atoms. The van der Waals surface area contributed by atoms with Gasteiger partial charge in [-0.2, -0.15) is 4.98 Å². The molecule has 1 aromatic heterocycles. The predicted molar refractivity (Wildman–Crippen MR) is 62.4 cm³/mol. The molecule has 0 spiro atoms. The first-order valence-electron chi connectivity index (χ1n) is 5.08. The summed E-state index contributed by atoms with van der Waals surface area (Å²) in [5.74, 6) is 5.27. The molecule has 8 heteroatoms. The standard InChI is InChI=1S/C9H12ClN5O2/c10-9-12-3-6(7(14-9)15-11)13-8(16)5-1-2-17-4-5/h3,5H,1-2,4,11H2,(H,13,16)(H,12,14,15). The van der Waals surface area contributed by atoms with Crippen LogP contribution in [0.2, 0.25) is 5.28 Å². The maximum atomic E-state index is 11.8. The summed E-state index contributed by atoms with van der Waals surface area (Å²) in [5, 5.41) is 2.74. The first-order valence-corrected chi connectivity index (χ1v) is 5.46. The van der Waals surface area contributed by atoms with Crippen LogP contribution in [0.1, 0.15) is 6.42 Å². The van der Waals surface area contributed by atoms with Gasteiger partial charge in [-0.15, -0.1) is 0 Å². The lowest BCUT2D eigenvalue weighted by Crippen LogP contribution is -2.24. The summed E-state index contributed by atoms with van der Waals surface area (Å²) < 4.78 is 5.14. The van der Waals surface area contributed by atoms with Gasteiger partial charge in [-0.05, 0) is 18.0 Å². The van der Waals surface area contributed by atoms with E-state index in [2.05, 4.69) is 20.7 Å². The first-order chi connectivity index (χ1) is 8.20. The van der Waals surface area contributed by atoms with E-state index in [1.165, 1.54) is 6.20 Å². The van der Waals surface area contributed by atoms with Gasteiger partial charge in [0.25, 0.3) is 0 Å². The second-order valence-corrected chi connectivity index (χ2v) is 3.93. The summed E-state index contributed by atoms with van der Waals surface area (Å²) in [6, 6.07) is 0. The number of nitrogens with zero attached hydrogens (tertiary/aromatic N) is 2. The number of halogens is 1. The van der Waals surface area contributed by atoms with Crippen molar-refractivity contribution < 1.29 is 9.53 Å². The number of aromatic nitrogens is 2. The Balaban J connectivity index is 2.09. The number of hydrazine groups is 1. The van der Waals surface area contributed by atoms with Crippen LogP contribution in [-0.2, 0) is 9.53 Å². The maximum Gasteiger partial charge on any atom is 0.230 e. The summed E-state index contributed by atoms with van der Waals surface area (Å²) in [6.45, 7) is 1.04. The Kier molecular flexibility index (Phi) is 3.72. The van der Waals surface area contributed by atoms with E-state index >= 15 is 0 Å². The molecular formula is C9H12ClN5O2. The van der Waals surface area contributed by atoms with Gasteiger partial charge in [0.05, 0.1) is 18.7 Å². The molecule has 2 rings (SSSR count). The lowest BCUT2D eigenvalue weighted by atomic mass is 10.1. The molecule has 1 fully saturated rings. The van der Waals surface area contributed by atoms with E-state index in [4.69, 9.17) is 22.2 Å². The number of rotatable bonds is 3. The van der Waals surface area contributed by atoms with Crippen LogP contribution in [0.5, 0.6) is 0 Å². The largest absolute Gasteiger partial charge is 0.381 e. The van der Waals surface area contributed by atoms with Gasteiger partial charge < -0.3 is 15.5 Å². The second-order valence-electron chi connectivity index (χ2n) is 3.60. The van der Waals surface area contributed by atoms with E-state index in [-0.39, 0.29) is 22.9 Å². The maximum absolute atomic E-state index is 11.8. The fraction of sp³-hybridized carbons (Fsp3) is 0.444. The van der Waals surface area contributed by atoms with Gasteiger partial charge in [0.15, 0.2) is 5.82 Å². The van der Waals surface area contributed by atoms with Crippen LogP contribution in [0.3, 0.4) is 0 Å². The smallest absolute Gasteiger partial charge is 0.230 e. The van der Waals surface area contributed by atoms with E-state index in [0.29, 0.717) is 25.3 Å². The molecule has 0 saturated carbocycles. The molecular weight excluding hydrogens is 246 g/mol. The fourth-order valence-electron chi connectivity index (χ4n) is 1.54. The Labute approximate surface area is 103 Å². The normalized spacial score (nSPS) is 19.1. The zero-order valence-corrected chi connectivity index (χ0v) is 9.70. The predicted octanol–water partition coefficient (Wildman–Crippen LogP) is 0.391. The highest BCUT2D eigenvalue weighted by molar-refractivity contribution is 6.28. The minimum Gasteiger partial charge on any atom is -0.381 e. The van der Waals surface area contributed by atoms with Crippen molar-refractivity contribution in [1.82, 2.24) is 9.97 Å². The summed E-state index contributed by atoms with van der Waals surface area (Å²) in [7, 11) is 0. The minimum absolute atomic E-state index is 0.0557. The Morgan fingerprint density at radius 3 is 3.12 bits per heavy atom. The van der Waals surface area contributed by atoms with Crippen LogP contribution in [0, 0.1) is 5.92 Å². The molecule has 0 radical (unpaired) electrons. The molecule has 0 bridgehead atoms. The van der Waals surface area contributed by atoms with Crippen molar-refractivity contribution in [2.45, 2.75) is 6.42 Å². The Bertz CT molecular complexity index is 422. The van der Waals surface area contributed by atoms with Crippen molar-refractivity contribution in [2.24, 2.45) is 11.8 Å². The topological polar surface area (TPSA) is 102 Å². The minimum atomic E-state index is -0.142. The molecule has 4 N–H and O–H groups in total. The number of anilines is 2. The van der Waals surface area contributed by atoms with Gasteiger partial charge in [0.1, 0.15) is 5.69 Å². The van der Waals surface area contributed by atoms with Crippen molar-refractivity contribution >= 4 is 29.0 Å². The molecule has 0 aliphatic carbocycles. The molecule has 1 aromatic rings. The van der Waals surface area contributed by atoms with Gasteiger partial charge in [-0.1, -0.05) is 0 Å². The van der Waals surface area contributed by atoms with Gasteiger partial charge in [-0.3, -0.25) is 4.79 Å². The highest BCUT2D eigenvalue weighted by Crippen LogP contribution is 2.21. The van der Waals surface area contributed by atoms with Crippen molar-refractivity contribution in [1.29, 1.82) is 0 Å². The molecule has 1 atom stereocenters. The van der Waals surface area contributed by atoms with E-state index in [9.17, 15) is 4.79 Å². The van der Waals surface area contributed by atoms with Crippen LogP contribution in [-0.4, -0.2) is 29.1 Å². The molecule has 1 aliphatic rings. The summed E-state index contributed by atoms with van der Waals surface area (Å²) in [5.41, 5.74) is 2.75. The Morgan fingerprint density at radius 2 is 2.47 bits per heavy atom. The molecule has 7 nitrogen and oxygen atoms in total. The molecule has 0 aromatic carbocycles. The Hall–Kier alpha value is -1.44. The van der Waals surface area contributed by atoms with Gasteiger partial charge in [0, 0.05) is 6.61 Å². The van der Waals surface area contributed by atoms with Crippen molar-refractivity contribution in [3.63, 3.8) is 0 Å². The van der Waals surface area contributed by atoms with Crippen LogP contribution >= 0.6 is 11.6 Å². The van der Waals surface area contributed by atoms with Crippen molar-refractivity contribution in [2.75, 3.05) is 24.0 Å². The molecule has 1 amide bonds. The third-order valence-corrected chi connectivity index (χ3v) is 2.64. The highest BCUT2D eigenvalue weighted by atomic mass is 35.5. The van der Waals surface area contributed by atoms with E-state index in [1.54, 1.807) is 0 Å². The van der Waals surface area contributed by atoms with Crippen LogP contribution in [0.15, 0.2) is 6.20 Å². The zero-order chi connectivity index (χ0) is 12.3. The molecule has 2 heterocycles. The number of nitrogens with one attached hydrogen (secondary N) is 2. The number of nitrogen functional groups attached to an aromatic ring is 1. The number of hydrogen-bond acceptors (Lipinski definition) is 6. The summed E-state index contributed by atoms with van der Waals surface area (Å²) >= 11 is 5.61. The summed E-state index contributed by atoms with van der Waals surface area (Å²) in [4.78, 5) is 19.4. The monoisotopic (exact) mass is 257 g/mol. The lowest BCUT2D eigenvalue weighted by Gasteiger charge is -2.11. The Morgan fingerprint density at radius 1 is 1.65 bits per heavy atom. The third-order valence-electron chi connectivity index (χ3n) is 2.45. The average molecular weight is 258 g/mol. The summed E-state index contributed by atoms with van der Waals surface area (Å²) in [6.07, 6.45) is 2.11. The SMILES string of the molecule is NNc1nc(Cl)ncc1NC(=O)C1CCOC1. The fourth-order valence-corrected chi connectivity index (χ4v) is 1.67. The third kappa shape index (κ3) is 2.82. The van der Waals surface area contributed by atoms with Gasteiger partial charge in [-0.25, -0.2) is 10.8 Å². The van der Waals surface area contributed by atoms with Gasteiger partial charge >= 0.3 is 0 Å². The number of carbonyl (C=O) groups is 1. The quantitative estimate of drug-likeness (QED) is 0.411. The van der Waals surface area contributed by atoms with Crippen molar-refractivity contribution in [3.8, 4) is 0 Å². The van der Waals surface area contributed by atoms with Gasteiger partial charge in [0.2, 0.25) is 11.2 Å². The number of amides is 1. The van der Waals surface area contributed by atoms with Crippen molar-refractivity contribution in [3.05, 3.63) is 11.5 Å². The second kappa shape index (κ2) is 5.26. The molecule has 1 aliphatic heterocycles. The number of carbonyl (C=O) groups excluding carboxylic acids is 1. The van der Waals surface area contributed by atoms with E-state index in [0.717, 1.165) is 0 Å². The molecule has 1 unspecified atom stereocenters. The molecule has 92 valence electrons. The molecule has 1 saturated heterocycles. The van der Waals surface area contributed by atoms with Crippen LogP contribution in [0.4, 0.5) is 11.5 Å². The van der Waals surface area contributed by atoms with E-state index < -0.39 is 0 Å².